The summed E-state index contributed by atoms with van der Waals surface area (Å²) in [6.07, 6.45) is 0. The van der Waals surface area contributed by atoms with Crippen molar-refractivity contribution >= 4 is 11.7 Å². The quantitative estimate of drug-likeness (QED) is 0.706. The van der Waals surface area contributed by atoms with E-state index in [4.69, 9.17) is 0 Å². The lowest BCUT2D eigenvalue weighted by Crippen LogP contribution is -2.49. The fourth-order valence-corrected chi connectivity index (χ4v) is 3.51. The molecule has 1 aliphatic heterocycles. The van der Waals surface area contributed by atoms with Crippen LogP contribution in [0.2, 0.25) is 0 Å². The van der Waals surface area contributed by atoms with Gasteiger partial charge in [-0.05, 0) is 32.5 Å². The fourth-order valence-electron chi connectivity index (χ4n) is 3.51. The molecule has 0 N–H and O–H groups in total. The van der Waals surface area contributed by atoms with Gasteiger partial charge in [0.25, 0.3) is 11.7 Å². The summed E-state index contributed by atoms with van der Waals surface area (Å²) in [5, 5.41) is 4.41. The zero-order chi connectivity index (χ0) is 18.3. The molecule has 1 aliphatic rings. The zero-order valence-electron chi connectivity index (χ0n) is 15.3. The lowest BCUT2D eigenvalue weighted by molar-refractivity contribution is 0.0486. The first-order valence-corrected chi connectivity index (χ1v) is 8.78. The molecule has 1 amide bonds. The van der Waals surface area contributed by atoms with Crippen molar-refractivity contribution < 1.29 is 4.79 Å². The van der Waals surface area contributed by atoms with Crippen molar-refractivity contribution in [3.05, 3.63) is 59.2 Å². The number of aryl methyl sites for hydroxylation is 2. The minimum Gasteiger partial charge on any atom is -0.326 e. The number of hydrogen-bond donors (Lipinski definition) is 0. The summed E-state index contributed by atoms with van der Waals surface area (Å²) in [5.74, 6) is 0.530. The van der Waals surface area contributed by atoms with Crippen LogP contribution in [0.5, 0.6) is 0 Å². The van der Waals surface area contributed by atoms with Crippen molar-refractivity contribution in [1.82, 2.24) is 29.4 Å². The number of likely N-dealkylation sites (N-methyl/N-ethyl adjacent to an activating group) is 1. The first kappa shape index (κ1) is 16.7. The first-order chi connectivity index (χ1) is 12.5. The number of fused-ring (bicyclic) bond motifs is 1. The Morgan fingerprint density at radius 2 is 1.88 bits per heavy atom. The molecule has 26 heavy (non-hydrogen) atoms. The van der Waals surface area contributed by atoms with Crippen LogP contribution in [-0.2, 0) is 0 Å². The van der Waals surface area contributed by atoms with Crippen molar-refractivity contribution in [2.75, 3.05) is 26.7 Å². The van der Waals surface area contributed by atoms with Gasteiger partial charge in [-0.1, -0.05) is 30.3 Å². The number of aromatic nitrogens is 4. The number of carbonyl (C=O) groups excluding carboxylic acids is 1. The molecule has 1 atom stereocenters. The van der Waals surface area contributed by atoms with E-state index < -0.39 is 0 Å². The second kappa shape index (κ2) is 6.49. The summed E-state index contributed by atoms with van der Waals surface area (Å²) >= 11 is 0. The molecule has 1 aromatic carbocycles. The standard InChI is InChI=1S/C19H22N6O/c1-13-11-14(2)25-19(20-13)21-17(22-25)18(26)24-10-9-23(3)12-16(24)15-7-5-4-6-8-15/h4-8,11,16H,9-10,12H2,1-3H3. The van der Waals surface area contributed by atoms with Gasteiger partial charge in [-0.15, -0.1) is 5.10 Å². The van der Waals surface area contributed by atoms with Crippen molar-refractivity contribution in [3.8, 4) is 0 Å². The highest BCUT2D eigenvalue weighted by molar-refractivity contribution is 5.91. The minimum absolute atomic E-state index is 0.00939. The van der Waals surface area contributed by atoms with E-state index in [0.29, 0.717) is 12.3 Å². The monoisotopic (exact) mass is 350 g/mol. The van der Waals surface area contributed by atoms with E-state index >= 15 is 0 Å². The van der Waals surface area contributed by atoms with Crippen LogP contribution in [0.4, 0.5) is 0 Å². The Balaban J connectivity index is 1.70. The Labute approximate surface area is 152 Å². The Morgan fingerprint density at radius 3 is 2.65 bits per heavy atom. The molecule has 0 bridgehead atoms. The number of benzene rings is 1. The number of nitrogens with zero attached hydrogens (tertiary/aromatic N) is 6. The second-order valence-corrected chi connectivity index (χ2v) is 6.87. The Bertz CT molecular complexity index is 951. The molecule has 1 fully saturated rings. The minimum atomic E-state index is -0.144. The molecule has 7 nitrogen and oxygen atoms in total. The fraction of sp³-hybridized carbons (Fsp3) is 0.368. The van der Waals surface area contributed by atoms with Crippen LogP contribution in [0.25, 0.3) is 5.78 Å². The average molecular weight is 350 g/mol. The van der Waals surface area contributed by atoms with Crippen molar-refractivity contribution in [2.45, 2.75) is 19.9 Å². The van der Waals surface area contributed by atoms with Gasteiger partial charge in [0.15, 0.2) is 0 Å². The molecule has 7 heteroatoms. The summed E-state index contributed by atoms with van der Waals surface area (Å²) in [6, 6.07) is 12.1. The molecule has 4 rings (SSSR count). The number of hydrogen-bond acceptors (Lipinski definition) is 5. The van der Waals surface area contributed by atoms with E-state index in [-0.39, 0.29) is 17.8 Å². The van der Waals surface area contributed by atoms with E-state index in [1.54, 1.807) is 4.52 Å². The topological polar surface area (TPSA) is 66.6 Å². The van der Waals surface area contributed by atoms with E-state index in [0.717, 1.165) is 30.0 Å². The highest BCUT2D eigenvalue weighted by Gasteiger charge is 2.32. The Hall–Kier alpha value is -2.80. The Kier molecular flexibility index (Phi) is 4.16. The SMILES string of the molecule is Cc1cc(C)n2nc(C(=O)N3CCN(C)CC3c3ccccc3)nc2n1. The largest absolute Gasteiger partial charge is 0.326 e. The van der Waals surface area contributed by atoms with Crippen LogP contribution in [-0.4, -0.2) is 62.0 Å². The van der Waals surface area contributed by atoms with Gasteiger partial charge in [0, 0.05) is 31.0 Å². The van der Waals surface area contributed by atoms with Crippen molar-refractivity contribution in [2.24, 2.45) is 0 Å². The molecular formula is C19H22N6O. The number of amides is 1. The molecule has 0 saturated carbocycles. The van der Waals surface area contributed by atoms with Gasteiger partial charge in [0.05, 0.1) is 6.04 Å². The molecule has 1 saturated heterocycles. The van der Waals surface area contributed by atoms with E-state index in [9.17, 15) is 4.79 Å². The summed E-state index contributed by atoms with van der Waals surface area (Å²) in [7, 11) is 2.08. The van der Waals surface area contributed by atoms with Crippen LogP contribution < -0.4 is 0 Å². The first-order valence-electron chi connectivity index (χ1n) is 8.78. The number of piperazine rings is 1. The molecule has 0 aliphatic carbocycles. The van der Waals surface area contributed by atoms with Crippen LogP contribution in [0.3, 0.4) is 0 Å². The maximum absolute atomic E-state index is 13.2. The zero-order valence-corrected chi connectivity index (χ0v) is 15.3. The van der Waals surface area contributed by atoms with Crippen LogP contribution >= 0.6 is 0 Å². The molecular weight excluding hydrogens is 328 g/mol. The average Bonchev–Trinajstić information content (AvgIpc) is 3.06. The second-order valence-electron chi connectivity index (χ2n) is 6.87. The Morgan fingerprint density at radius 1 is 1.12 bits per heavy atom. The lowest BCUT2D eigenvalue weighted by atomic mass is 10.0. The third kappa shape index (κ3) is 2.94. The van der Waals surface area contributed by atoms with E-state index in [1.807, 2.05) is 43.0 Å². The highest BCUT2D eigenvalue weighted by atomic mass is 16.2. The molecule has 3 aromatic rings. The summed E-state index contributed by atoms with van der Waals surface area (Å²) in [5.41, 5.74) is 2.90. The predicted octanol–water partition coefficient (Wildman–Crippen LogP) is 1.87. The molecule has 0 spiro atoms. The van der Waals surface area contributed by atoms with Gasteiger partial charge in [-0.2, -0.15) is 4.98 Å². The lowest BCUT2D eigenvalue weighted by Gasteiger charge is -2.39. The van der Waals surface area contributed by atoms with E-state index in [1.165, 1.54) is 0 Å². The molecule has 0 radical (unpaired) electrons. The highest BCUT2D eigenvalue weighted by Crippen LogP contribution is 2.26. The summed E-state index contributed by atoms with van der Waals surface area (Å²) in [6.45, 7) is 6.12. The maximum atomic E-state index is 13.2. The van der Waals surface area contributed by atoms with Gasteiger partial charge in [0.2, 0.25) is 5.82 Å². The van der Waals surface area contributed by atoms with Crippen molar-refractivity contribution in [1.29, 1.82) is 0 Å². The number of carbonyl (C=O) groups is 1. The van der Waals surface area contributed by atoms with Gasteiger partial charge < -0.3 is 9.80 Å². The normalized spacial score (nSPS) is 18.4. The van der Waals surface area contributed by atoms with Crippen LogP contribution in [0, 0.1) is 13.8 Å². The van der Waals surface area contributed by atoms with Gasteiger partial charge in [-0.25, -0.2) is 9.50 Å². The predicted molar refractivity (Wildman–Crippen MR) is 98.0 cm³/mol. The third-order valence-electron chi connectivity index (χ3n) is 4.84. The van der Waals surface area contributed by atoms with Gasteiger partial charge in [-0.3, -0.25) is 4.79 Å². The van der Waals surface area contributed by atoms with E-state index in [2.05, 4.69) is 39.1 Å². The molecule has 2 aromatic heterocycles. The molecule has 1 unspecified atom stereocenters. The maximum Gasteiger partial charge on any atom is 0.294 e. The van der Waals surface area contributed by atoms with Crippen LogP contribution in [0.1, 0.15) is 33.6 Å². The van der Waals surface area contributed by atoms with Crippen molar-refractivity contribution in [3.63, 3.8) is 0 Å². The molecule has 3 heterocycles. The smallest absolute Gasteiger partial charge is 0.294 e. The van der Waals surface area contributed by atoms with Crippen LogP contribution in [0.15, 0.2) is 36.4 Å². The van der Waals surface area contributed by atoms with Gasteiger partial charge in [0.1, 0.15) is 0 Å². The number of rotatable bonds is 2. The summed E-state index contributed by atoms with van der Waals surface area (Å²) in [4.78, 5) is 26.1. The third-order valence-corrected chi connectivity index (χ3v) is 4.84. The summed E-state index contributed by atoms with van der Waals surface area (Å²) < 4.78 is 1.63. The van der Waals surface area contributed by atoms with Gasteiger partial charge >= 0.3 is 0 Å². The molecule has 134 valence electrons.